The normalized spacial score (nSPS) is 13.1. The molecule has 0 aliphatic heterocycles. The molecule has 5 heteroatoms. The van der Waals surface area contributed by atoms with E-state index in [4.69, 9.17) is 14.2 Å². The maximum absolute atomic E-state index is 10.9. The molecule has 30 heavy (non-hydrogen) atoms. The van der Waals surface area contributed by atoms with Gasteiger partial charge in [0.1, 0.15) is 17.6 Å². The molecule has 0 N–H and O–H groups in total. The molecule has 3 rings (SSSR count). The van der Waals surface area contributed by atoms with Gasteiger partial charge in [-0.1, -0.05) is 31.5 Å². The molecule has 2 aromatic carbocycles. The van der Waals surface area contributed by atoms with Gasteiger partial charge in [-0.25, -0.2) is 0 Å². The number of thioether (sulfide) groups is 1. The lowest BCUT2D eigenvalue weighted by Gasteiger charge is -2.21. The molecule has 0 unspecified atom stereocenters. The highest BCUT2D eigenvalue weighted by Crippen LogP contribution is 2.22. The third kappa shape index (κ3) is 10.6. The van der Waals surface area contributed by atoms with Crippen LogP contribution in [0.2, 0.25) is 0 Å². The maximum atomic E-state index is 10.9. The van der Waals surface area contributed by atoms with Crippen LogP contribution in [0.25, 0.3) is 0 Å². The van der Waals surface area contributed by atoms with Crippen molar-refractivity contribution in [1.82, 2.24) is 0 Å². The minimum atomic E-state index is -0.0445. The summed E-state index contributed by atoms with van der Waals surface area (Å²) in [6.45, 7) is 3.83. The first-order chi connectivity index (χ1) is 14.5. The van der Waals surface area contributed by atoms with Crippen molar-refractivity contribution in [3.63, 3.8) is 0 Å². The molecule has 2 aromatic rings. The highest BCUT2D eigenvalue weighted by Gasteiger charge is 2.16. The van der Waals surface area contributed by atoms with E-state index in [1.807, 2.05) is 50.2 Å². The quantitative estimate of drug-likeness (QED) is 0.389. The summed E-state index contributed by atoms with van der Waals surface area (Å²) in [4.78, 5) is 12.2. The van der Waals surface area contributed by atoms with Crippen LogP contribution in [0, 0.1) is 6.92 Å². The van der Waals surface area contributed by atoms with Gasteiger partial charge in [0.05, 0.1) is 14.2 Å². The maximum Gasteiger partial charge on any atom is 0.305 e. The average Bonchev–Trinajstić information content (AvgIpc) is 2.81. The molecule has 0 radical (unpaired) electrons. The summed E-state index contributed by atoms with van der Waals surface area (Å²) >= 11 is 1.77. The summed E-state index contributed by atoms with van der Waals surface area (Å²) < 4.78 is 15.3. The molecule has 1 aliphatic carbocycles. The van der Waals surface area contributed by atoms with E-state index in [9.17, 15) is 4.79 Å². The van der Waals surface area contributed by atoms with Crippen LogP contribution in [-0.4, -0.2) is 32.5 Å². The summed E-state index contributed by atoms with van der Waals surface area (Å²) in [6.07, 6.45) is 8.73. The number of esters is 1. The van der Waals surface area contributed by atoms with Crippen molar-refractivity contribution < 1.29 is 19.0 Å². The van der Waals surface area contributed by atoms with Crippen LogP contribution < -0.4 is 9.47 Å². The van der Waals surface area contributed by atoms with Crippen LogP contribution >= 0.6 is 11.8 Å². The molecule has 1 fully saturated rings. The molecular formula is C25H36O4S. The number of hydrogen-bond donors (Lipinski definition) is 0. The Morgan fingerprint density at radius 3 is 2.13 bits per heavy atom. The summed E-state index contributed by atoms with van der Waals surface area (Å²) in [5.41, 5.74) is 1.09. The summed E-state index contributed by atoms with van der Waals surface area (Å²) in [5.74, 6) is 1.71. The molecule has 0 amide bonds. The molecule has 4 nitrogen and oxygen atoms in total. The van der Waals surface area contributed by atoms with Gasteiger partial charge < -0.3 is 14.2 Å². The Morgan fingerprint density at radius 1 is 1.00 bits per heavy atom. The first-order valence-corrected chi connectivity index (χ1v) is 11.7. The number of rotatable bonds is 5. The number of methoxy groups -OCH3 is 2. The Hall–Kier alpha value is -2.14. The van der Waals surface area contributed by atoms with Crippen molar-refractivity contribution in [1.29, 1.82) is 0 Å². The number of carbonyl (C=O) groups is 1. The molecule has 1 saturated carbocycles. The molecule has 0 saturated heterocycles. The lowest BCUT2D eigenvalue weighted by Crippen LogP contribution is -2.20. The average molecular weight is 433 g/mol. The van der Waals surface area contributed by atoms with Gasteiger partial charge >= 0.3 is 5.97 Å². The highest BCUT2D eigenvalue weighted by atomic mass is 32.2. The molecule has 1 aliphatic rings. The van der Waals surface area contributed by atoms with E-state index >= 15 is 0 Å². The smallest absolute Gasteiger partial charge is 0.305 e. The van der Waals surface area contributed by atoms with Gasteiger partial charge in [-0.05, 0) is 74.8 Å². The fourth-order valence-corrected chi connectivity index (χ4v) is 3.42. The van der Waals surface area contributed by atoms with Gasteiger partial charge in [-0.2, -0.15) is 0 Å². The Labute approximate surface area is 186 Å². The molecule has 166 valence electrons. The lowest BCUT2D eigenvalue weighted by molar-refractivity contribution is -0.150. The van der Waals surface area contributed by atoms with Gasteiger partial charge in [-0.3, -0.25) is 4.79 Å². The second kappa shape index (κ2) is 15.7. The monoisotopic (exact) mass is 432 g/mol. The second-order valence-electron chi connectivity index (χ2n) is 6.96. The van der Waals surface area contributed by atoms with Gasteiger partial charge in [-0.15, -0.1) is 11.8 Å². The lowest BCUT2D eigenvalue weighted by atomic mass is 9.98. The zero-order valence-electron chi connectivity index (χ0n) is 19.0. The Morgan fingerprint density at radius 2 is 1.67 bits per heavy atom. The van der Waals surface area contributed by atoms with Gasteiger partial charge in [0.2, 0.25) is 0 Å². The van der Waals surface area contributed by atoms with Gasteiger partial charge in [0, 0.05) is 11.3 Å². The van der Waals surface area contributed by atoms with E-state index in [0.29, 0.717) is 6.42 Å². The minimum absolute atomic E-state index is 0.0445. The van der Waals surface area contributed by atoms with Crippen LogP contribution in [0.3, 0.4) is 0 Å². The largest absolute Gasteiger partial charge is 0.497 e. The fourth-order valence-electron chi connectivity index (χ4n) is 2.99. The molecular weight excluding hydrogens is 396 g/mol. The minimum Gasteiger partial charge on any atom is -0.497 e. The van der Waals surface area contributed by atoms with Crippen LogP contribution in [0.15, 0.2) is 53.4 Å². The van der Waals surface area contributed by atoms with Crippen LogP contribution in [-0.2, 0) is 9.53 Å². The van der Waals surface area contributed by atoms with Crippen molar-refractivity contribution >= 4 is 17.7 Å². The first kappa shape index (κ1) is 25.9. The van der Waals surface area contributed by atoms with Gasteiger partial charge in [0.25, 0.3) is 0 Å². The summed E-state index contributed by atoms with van der Waals surface area (Å²) in [7, 11) is 3.32. The molecule has 0 bridgehead atoms. The van der Waals surface area contributed by atoms with E-state index in [1.54, 1.807) is 26.0 Å². The Balaban J connectivity index is 0.000000228. The first-order valence-electron chi connectivity index (χ1n) is 10.5. The zero-order valence-corrected chi connectivity index (χ0v) is 19.8. The Kier molecular flexibility index (Phi) is 13.5. The van der Waals surface area contributed by atoms with E-state index in [-0.39, 0.29) is 12.1 Å². The van der Waals surface area contributed by atoms with Crippen molar-refractivity contribution in [2.45, 2.75) is 63.4 Å². The van der Waals surface area contributed by atoms with Crippen molar-refractivity contribution in [2.24, 2.45) is 0 Å². The number of hydrogen-bond acceptors (Lipinski definition) is 5. The third-order valence-electron chi connectivity index (χ3n) is 4.72. The summed E-state index contributed by atoms with van der Waals surface area (Å²) in [6, 6.07) is 16.0. The zero-order chi connectivity index (χ0) is 22.2. The number of aryl methyl sites for hydroxylation is 1. The number of benzene rings is 2. The third-order valence-corrected chi connectivity index (χ3v) is 5.46. The SMILES string of the molecule is CCC(=O)OC1CCCCC1.COc1ccc(OC)c(C)c1.CSc1ccccc1. The molecule has 0 aromatic heterocycles. The van der Waals surface area contributed by atoms with E-state index in [0.717, 1.165) is 29.9 Å². The van der Waals surface area contributed by atoms with Crippen molar-refractivity contribution in [3.8, 4) is 11.5 Å². The van der Waals surface area contributed by atoms with Crippen molar-refractivity contribution in [2.75, 3.05) is 20.5 Å². The van der Waals surface area contributed by atoms with E-state index in [1.165, 1.54) is 24.2 Å². The predicted molar refractivity (Wildman–Crippen MR) is 126 cm³/mol. The summed E-state index contributed by atoms with van der Waals surface area (Å²) in [5, 5.41) is 0. The number of carbonyl (C=O) groups excluding carboxylic acids is 1. The number of ether oxygens (including phenoxy) is 3. The van der Waals surface area contributed by atoms with E-state index in [2.05, 4.69) is 18.4 Å². The van der Waals surface area contributed by atoms with Crippen LogP contribution in [0.1, 0.15) is 51.0 Å². The van der Waals surface area contributed by atoms with E-state index < -0.39 is 0 Å². The molecule has 0 atom stereocenters. The fraction of sp³-hybridized carbons (Fsp3) is 0.480. The second-order valence-corrected chi connectivity index (χ2v) is 7.84. The van der Waals surface area contributed by atoms with Crippen LogP contribution in [0.4, 0.5) is 0 Å². The predicted octanol–water partition coefficient (Wildman–Crippen LogP) is 6.69. The standard InChI is InChI=1S/C9H12O2.C9H16O2.C7H8S/c1-7-6-8(10-2)4-5-9(7)11-3;1-2-9(10)11-8-6-4-3-5-7-8;1-8-7-5-3-2-4-6-7/h4-6H,1-3H3;8H,2-7H2,1H3;2-6H,1H3. The van der Waals surface area contributed by atoms with Crippen molar-refractivity contribution in [3.05, 3.63) is 54.1 Å². The highest BCUT2D eigenvalue weighted by molar-refractivity contribution is 7.98. The Bertz CT molecular complexity index is 712. The van der Waals surface area contributed by atoms with Crippen LogP contribution in [0.5, 0.6) is 11.5 Å². The molecule has 0 heterocycles. The topological polar surface area (TPSA) is 44.8 Å². The van der Waals surface area contributed by atoms with Gasteiger partial charge in [0.15, 0.2) is 0 Å². The molecule has 0 spiro atoms.